The van der Waals surface area contributed by atoms with Crippen molar-refractivity contribution in [1.29, 1.82) is 0 Å². The molecule has 0 aromatic heterocycles. The van der Waals surface area contributed by atoms with Gasteiger partial charge in [0.05, 0.1) is 12.6 Å². The molecule has 2 N–H and O–H groups in total. The number of carbonyl (C=O) groups is 1. The van der Waals surface area contributed by atoms with Gasteiger partial charge in [-0.25, -0.2) is 4.79 Å². The predicted molar refractivity (Wildman–Crippen MR) is 86.8 cm³/mol. The summed E-state index contributed by atoms with van der Waals surface area (Å²) in [6.45, 7) is 4.99. The third kappa shape index (κ3) is 2.98. The standard InChI is InChI=1S/C18H26N2O2/c1-18(2)10-9-16(14-5-3-4-6-15(14)18)19-17(22)20(11-12-21)13-7-8-13/h3-6,13,16,21H,7-12H2,1-2H3,(H,19,22)/t16-/m1/s1. The molecular weight excluding hydrogens is 276 g/mol. The molecule has 0 saturated heterocycles. The van der Waals surface area contributed by atoms with E-state index in [4.69, 9.17) is 0 Å². The first-order valence-electron chi connectivity index (χ1n) is 8.30. The largest absolute Gasteiger partial charge is 0.395 e. The number of aliphatic hydroxyl groups excluding tert-OH is 1. The molecule has 2 aliphatic carbocycles. The fourth-order valence-electron chi connectivity index (χ4n) is 3.54. The number of hydrogen-bond donors (Lipinski definition) is 2. The van der Waals surface area contributed by atoms with Crippen molar-refractivity contribution >= 4 is 6.03 Å². The van der Waals surface area contributed by atoms with Gasteiger partial charge in [-0.1, -0.05) is 38.1 Å². The fraction of sp³-hybridized carbons (Fsp3) is 0.611. The molecule has 120 valence electrons. The van der Waals surface area contributed by atoms with E-state index in [9.17, 15) is 9.90 Å². The van der Waals surface area contributed by atoms with Crippen LogP contribution in [0, 0.1) is 0 Å². The minimum absolute atomic E-state index is 0.0260. The van der Waals surface area contributed by atoms with Gasteiger partial charge in [0.15, 0.2) is 0 Å². The number of carbonyl (C=O) groups excluding carboxylic acids is 1. The Balaban J connectivity index is 1.77. The monoisotopic (exact) mass is 302 g/mol. The molecule has 22 heavy (non-hydrogen) atoms. The fourth-order valence-corrected chi connectivity index (χ4v) is 3.54. The second-order valence-corrected chi connectivity index (χ2v) is 7.16. The summed E-state index contributed by atoms with van der Waals surface area (Å²) in [6.07, 6.45) is 4.15. The molecule has 0 unspecified atom stereocenters. The number of aliphatic hydroxyl groups is 1. The third-order valence-electron chi connectivity index (χ3n) is 5.01. The molecule has 1 aromatic rings. The highest BCUT2D eigenvalue weighted by molar-refractivity contribution is 5.75. The number of nitrogens with zero attached hydrogens (tertiary/aromatic N) is 1. The summed E-state index contributed by atoms with van der Waals surface area (Å²) in [4.78, 5) is 14.4. The van der Waals surface area contributed by atoms with Gasteiger partial charge in [0.1, 0.15) is 0 Å². The van der Waals surface area contributed by atoms with Crippen molar-refractivity contribution in [3.8, 4) is 0 Å². The Labute approximate surface area is 132 Å². The molecular formula is C18H26N2O2. The van der Waals surface area contributed by atoms with Gasteiger partial charge in [-0.05, 0) is 42.2 Å². The molecule has 1 fully saturated rings. The van der Waals surface area contributed by atoms with Gasteiger partial charge in [-0.2, -0.15) is 0 Å². The van der Waals surface area contributed by atoms with Crippen LogP contribution in [0.3, 0.4) is 0 Å². The highest BCUT2D eigenvalue weighted by Crippen LogP contribution is 2.41. The molecule has 0 heterocycles. The van der Waals surface area contributed by atoms with Crippen LogP contribution in [0.5, 0.6) is 0 Å². The number of amides is 2. The number of urea groups is 1. The van der Waals surface area contributed by atoms with Crippen molar-refractivity contribution in [2.75, 3.05) is 13.2 Å². The van der Waals surface area contributed by atoms with E-state index < -0.39 is 0 Å². The van der Waals surface area contributed by atoms with Crippen LogP contribution in [-0.4, -0.2) is 35.2 Å². The highest BCUT2D eigenvalue weighted by Gasteiger charge is 2.36. The van der Waals surface area contributed by atoms with Gasteiger partial charge >= 0.3 is 6.03 Å². The van der Waals surface area contributed by atoms with Crippen molar-refractivity contribution < 1.29 is 9.90 Å². The molecule has 2 aliphatic rings. The first-order valence-corrected chi connectivity index (χ1v) is 8.30. The zero-order valence-electron chi connectivity index (χ0n) is 13.5. The molecule has 4 heteroatoms. The van der Waals surface area contributed by atoms with Gasteiger partial charge in [-0.3, -0.25) is 0 Å². The van der Waals surface area contributed by atoms with Crippen LogP contribution in [0.2, 0.25) is 0 Å². The number of rotatable bonds is 4. The normalized spacial score (nSPS) is 22.8. The lowest BCUT2D eigenvalue weighted by Crippen LogP contribution is -2.45. The van der Waals surface area contributed by atoms with Crippen LogP contribution in [0.25, 0.3) is 0 Å². The first kappa shape index (κ1) is 15.3. The Morgan fingerprint density at radius 1 is 1.32 bits per heavy atom. The summed E-state index contributed by atoms with van der Waals surface area (Å²) < 4.78 is 0. The lowest BCUT2D eigenvalue weighted by molar-refractivity contribution is 0.168. The summed E-state index contributed by atoms with van der Waals surface area (Å²) in [5, 5.41) is 12.4. The highest BCUT2D eigenvalue weighted by atomic mass is 16.3. The van der Waals surface area contributed by atoms with Gasteiger partial charge < -0.3 is 15.3 Å². The average Bonchev–Trinajstić information content (AvgIpc) is 3.32. The summed E-state index contributed by atoms with van der Waals surface area (Å²) >= 11 is 0. The van der Waals surface area contributed by atoms with E-state index in [1.54, 1.807) is 4.90 Å². The van der Waals surface area contributed by atoms with Crippen LogP contribution in [-0.2, 0) is 5.41 Å². The van der Waals surface area contributed by atoms with E-state index in [2.05, 4.69) is 37.4 Å². The van der Waals surface area contributed by atoms with Crippen LogP contribution in [0.15, 0.2) is 24.3 Å². The lowest BCUT2D eigenvalue weighted by Gasteiger charge is -2.38. The molecule has 0 aliphatic heterocycles. The minimum Gasteiger partial charge on any atom is -0.395 e. The Morgan fingerprint density at radius 3 is 2.73 bits per heavy atom. The number of fused-ring (bicyclic) bond motifs is 1. The van der Waals surface area contributed by atoms with Crippen LogP contribution in [0.4, 0.5) is 4.79 Å². The summed E-state index contributed by atoms with van der Waals surface area (Å²) in [6, 6.07) is 8.81. The Kier molecular flexibility index (Phi) is 4.13. The summed E-state index contributed by atoms with van der Waals surface area (Å²) in [7, 11) is 0. The van der Waals surface area contributed by atoms with Gasteiger partial charge in [-0.15, -0.1) is 0 Å². The van der Waals surface area contributed by atoms with Crippen molar-refractivity contribution in [3.63, 3.8) is 0 Å². The summed E-state index contributed by atoms with van der Waals surface area (Å²) in [5.74, 6) is 0. The van der Waals surface area contributed by atoms with Crippen molar-refractivity contribution in [3.05, 3.63) is 35.4 Å². The molecule has 1 saturated carbocycles. The maximum absolute atomic E-state index is 12.6. The van der Waals surface area contributed by atoms with Crippen molar-refractivity contribution in [2.45, 2.75) is 57.0 Å². The Hall–Kier alpha value is -1.55. The van der Waals surface area contributed by atoms with Crippen molar-refractivity contribution in [2.24, 2.45) is 0 Å². The van der Waals surface area contributed by atoms with Gasteiger partial charge in [0.2, 0.25) is 0 Å². The second-order valence-electron chi connectivity index (χ2n) is 7.16. The maximum Gasteiger partial charge on any atom is 0.318 e. The smallest absolute Gasteiger partial charge is 0.318 e. The Bertz CT molecular complexity index is 552. The van der Waals surface area contributed by atoms with E-state index in [0.29, 0.717) is 12.6 Å². The SMILES string of the molecule is CC1(C)CC[C@@H](NC(=O)N(CCO)C2CC2)c2ccccc21. The second kappa shape index (κ2) is 5.92. The van der Waals surface area contributed by atoms with Crippen LogP contribution < -0.4 is 5.32 Å². The minimum atomic E-state index is -0.0314. The zero-order valence-corrected chi connectivity index (χ0v) is 13.5. The van der Waals surface area contributed by atoms with E-state index in [-0.39, 0.29) is 24.1 Å². The zero-order chi connectivity index (χ0) is 15.7. The first-order chi connectivity index (χ1) is 10.5. The average molecular weight is 302 g/mol. The maximum atomic E-state index is 12.6. The Morgan fingerprint density at radius 2 is 2.05 bits per heavy atom. The molecule has 4 nitrogen and oxygen atoms in total. The molecule has 0 spiro atoms. The van der Waals surface area contributed by atoms with E-state index in [1.807, 2.05) is 6.07 Å². The molecule has 0 bridgehead atoms. The lowest BCUT2D eigenvalue weighted by atomic mass is 9.71. The van der Waals surface area contributed by atoms with Gasteiger partial charge in [0, 0.05) is 12.6 Å². The molecule has 0 radical (unpaired) electrons. The molecule has 1 atom stereocenters. The number of nitrogens with one attached hydrogen (secondary N) is 1. The third-order valence-corrected chi connectivity index (χ3v) is 5.01. The molecule has 2 amide bonds. The van der Waals surface area contributed by atoms with Crippen LogP contribution in [0.1, 0.15) is 56.7 Å². The summed E-state index contributed by atoms with van der Waals surface area (Å²) in [5.41, 5.74) is 2.75. The van der Waals surface area contributed by atoms with E-state index in [1.165, 1.54) is 11.1 Å². The number of hydrogen-bond acceptors (Lipinski definition) is 2. The predicted octanol–water partition coefficient (Wildman–Crippen LogP) is 2.97. The quantitative estimate of drug-likeness (QED) is 0.898. The van der Waals surface area contributed by atoms with E-state index >= 15 is 0 Å². The van der Waals surface area contributed by atoms with Gasteiger partial charge in [0.25, 0.3) is 0 Å². The van der Waals surface area contributed by atoms with Crippen LogP contribution >= 0.6 is 0 Å². The molecule has 1 aromatic carbocycles. The molecule has 3 rings (SSSR count). The number of benzene rings is 1. The van der Waals surface area contributed by atoms with E-state index in [0.717, 1.165) is 25.7 Å². The topological polar surface area (TPSA) is 52.6 Å². The van der Waals surface area contributed by atoms with Crippen molar-refractivity contribution in [1.82, 2.24) is 10.2 Å².